The number of benzene rings is 1. The van der Waals surface area contributed by atoms with Gasteiger partial charge in [-0.05, 0) is 37.0 Å². The van der Waals surface area contributed by atoms with Crippen LogP contribution in [0.2, 0.25) is 0 Å². The van der Waals surface area contributed by atoms with Crippen molar-refractivity contribution < 1.29 is 14.3 Å². The van der Waals surface area contributed by atoms with Gasteiger partial charge in [0.05, 0.1) is 26.5 Å². The molecule has 2 heterocycles. The first kappa shape index (κ1) is 20.2. The maximum atomic E-state index is 12.0. The molecule has 1 fully saturated rings. The van der Waals surface area contributed by atoms with Crippen LogP contribution in [0.25, 0.3) is 0 Å². The van der Waals surface area contributed by atoms with Gasteiger partial charge in [-0.2, -0.15) is 5.10 Å². The highest BCUT2D eigenvalue weighted by molar-refractivity contribution is 5.77. The fourth-order valence-electron chi connectivity index (χ4n) is 3.81. The van der Waals surface area contributed by atoms with Crippen molar-refractivity contribution in [2.45, 2.75) is 50.7 Å². The Kier molecular flexibility index (Phi) is 6.57. The number of hydrogen-bond donors (Lipinski definition) is 2. The molecular formula is C21H30N4O3. The Morgan fingerprint density at radius 1 is 1.32 bits per heavy atom. The molecule has 1 aliphatic heterocycles. The molecule has 7 nitrogen and oxygen atoms in total. The molecule has 3 atom stereocenters. The number of ether oxygens (including phenoxy) is 2. The van der Waals surface area contributed by atoms with E-state index < -0.39 is 0 Å². The van der Waals surface area contributed by atoms with Crippen LogP contribution in [0.5, 0.6) is 11.5 Å². The van der Waals surface area contributed by atoms with E-state index in [9.17, 15) is 4.79 Å². The van der Waals surface area contributed by atoms with Gasteiger partial charge in [0.15, 0.2) is 11.5 Å². The van der Waals surface area contributed by atoms with Crippen LogP contribution in [-0.4, -0.2) is 42.0 Å². The second-order valence-electron chi connectivity index (χ2n) is 7.30. The van der Waals surface area contributed by atoms with E-state index in [4.69, 9.17) is 9.47 Å². The lowest BCUT2D eigenvalue weighted by Gasteiger charge is -2.35. The first-order chi connectivity index (χ1) is 13.5. The summed E-state index contributed by atoms with van der Waals surface area (Å²) in [7, 11) is 5.19. The second kappa shape index (κ2) is 9.10. The third-order valence-corrected chi connectivity index (χ3v) is 5.36. The highest BCUT2D eigenvalue weighted by Crippen LogP contribution is 2.29. The van der Waals surface area contributed by atoms with Crippen LogP contribution in [0, 0.1) is 0 Å². The summed E-state index contributed by atoms with van der Waals surface area (Å²) < 4.78 is 12.5. The largest absolute Gasteiger partial charge is 0.493 e. The number of aromatic nitrogens is 2. The average Bonchev–Trinajstić information content (AvgIpc) is 3.14. The van der Waals surface area contributed by atoms with Gasteiger partial charge in [0.2, 0.25) is 5.91 Å². The topological polar surface area (TPSA) is 77.4 Å². The SMILES string of the molecule is CCC(Cc1ccc(OC)c(OC)c1)N[C@@H]1CCC(=O)N[C@H]1c1cnn(C)c1. The molecule has 28 heavy (non-hydrogen) atoms. The van der Waals surface area contributed by atoms with Crippen molar-refractivity contribution >= 4 is 5.91 Å². The molecule has 2 aromatic rings. The van der Waals surface area contributed by atoms with Crippen LogP contribution in [-0.2, 0) is 18.3 Å². The van der Waals surface area contributed by atoms with Crippen LogP contribution in [0.1, 0.15) is 43.4 Å². The summed E-state index contributed by atoms with van der Waals surface area (Å²) in [6.07, 6.45) is 7.02. The fraction of sp³-hybridized carbons (Fsp3) is 0.524. The van der Waals surface area contributed by atoms with Crippen LogP contribution in [0.15, 0.2) is 30.6 Å². The molecule has 7 heteroatoms. The number of carbonyl (C=O) groups excluding carboxylic acids is 1. The first-order valence-corrected chi connectivity index (χ1v) is 9.78. The molecule has 1 amide bonds. The van der Waals surface area contributed by atoms with Crippen molar-refractivity contribution in [3.8, 4) is 11.5 Å². The lowest BCUT2D eigenvalue weighted by atomic mass is 9.92. The van der Waals surface area contributed by atoms with Crippen molar-refractivity contribution in [1.29, 1.82) is 0 Å². The van der Waals surface area contributed by atoms with Gasteiger partial charge in [0.25, 0.3) is 0 Å². The zero-order valence-electron chi connectivity index (χ0n) is 17.1. The number of nitrogens with zero attached hydrogens (tertiary/aromatic N) is 2. The molecule has 0 aliphatic carbocycles. The molecular weight excluding hydrogens is 356 g/mol. The quantitative estimate of drug-likeness (QED) is 0.728. The summed E-state index contributed by atoms with van der Waals surface area (Å²) >= 11 is 0. The molecule has 0 bridgehead atoms. The number of nitrogens with one attached hydrogen (secondary N) is 2. The molecule has 0 radical (unpaired) electrons. The van der Waals surface area contributed by atoms with Gasteiger partial charge < -0.3 is 20.1 Å². The minimum Gasteiger partial charge on any atom is -0.493 e. The van der Waals surface area contributed by atoms with Crippen molar-refractivity contribution in [2.24, 2.45) is 7.05 Å². The molecule has 1 saturated heterocycles. The smallest absolute Gasteiger partial charge is 0.220 e. The summed E-state index contributed by atoms with van der Waals surface area (Å²) in [5.41, 5.74) is 2.23. The zero-order valence-corrected chi connectivity index (χ0v) is 17.1. The fourth-order valence-corrected chi connectivity index (χ4v) is 3.81. The van der Waals surface area contributed by atoms with E-state index >= 15 is 0 Å². The summed E-state index contributed by atoms with van der Waals surface area (Å²) in [5.74, 6) is 1.58. The standard InChI is InChI=1S/C21H30N4O3/c1-5-16(10-14-6-8-18(27-3)19(11-14)28-4)23-17-7-9-20(26)24-21(17)15-12-22-25(2)13-15/h6,8,11-13,16-17,21,23H,5,7,9-10H2,1-4H3,(H,24,26)/t16?,17-,21+/m1/s1. The molecule has 152 valence electrons. The van der Waals surface area contributed by atoms with Gasteiger partial charge in [-0.25, -0.2) is 0 Å². The Balaban J connectivity index is 1.72. The number of piperidine rings is 1. The van der Waals surface area contributed by atoms with Gasteiger partial charge in [0, 0.05) is 37.3 Å². The van der Waals surface area contributed by atoms with Gasteiger partial charge in [0.1, 0.15) is 0 Å². The Hall–Kier alpha value is -2.54. The predicted molar refractivity (Wildman–Crippen MR) is 108 cm³/mol. The lowest BCUT2D eigenvalue weighted by Crippen LogP contribution is -2.51. The van der Waals surface area contributed by atoms with Gasteiger partial charge in [-0.3, -0.25) is 9.48 Å². The molecule has 1 aromatic heterocycles. The number of hydrogen-bond acceptors (Lipinski definition) is 5. The normalized spacial score (nSPS) is 20.5. The Morgan fingerprint density at radius 2 is 2.11 bits per heavy atom. The summed E-state index contributed by atoms with van der Waals surface area (Å²) in [6.45, 7) is 2.18. The molecule has 1 unspecified atom stereocenters. The lowest BCUT2D eigenvalue weighted by molar-refractivity contribution is -0.124. The third-order valence-electron chi connectivity index (χ3n) is 5.36. The van der Waals surface area contributed by atoms with E-state index in [0.29, 0.717) is 6.42 Å². The zero-order chi connectivity index (χ0) is 20.1. The van der Waals surface area contributed by atoms with E-state index in [1.165, 1.54) is 5.56 Å². The van der Waals surface area contributed by atoms with E-state index in [-0.39, 0.29) is 24.0 Å². The Morgan fingerprint density at radius 3 is 2.75 bits per heavy atom. The second-order valence-corrected chi connectivity index (χ2v) is 7.30. The Bertz CT molecular complexity index is 805. The Labute approximate surface area is 166 Å². The highest BCUT2D eigenvalue weighted by atomic mass is 16.5. The van der Waals surface area contributed by atoms with E-state index in [0.717, 1.165) is 36.3 Å². The third kappa shape index (κ3) is 4.65. The van der Waals surface area contributed by atoms with E-state index in [1.54, 1.807) is 18.9 Å². The minimum absolute atomic E-state index is 0.0607. The first-order valence-electron chi connectivity index (χ1n) is 9.78. The monoisotopic (exact) mass is 386 g/mol. The average molecular weight is 386 g/mol. The maximum absolute atomic E-state index is 12.0. The van der Waals surface area contributed by atoms with Crippen LogP contribution in [0.4, 0.5) is 0 Å². The predicted octanol–water partition coefficient (Wildman–Crippen LogP) is 2.37. The van der Waals surface area contributed by atoms with Crippen molar-refractivity contribution in [3.05, 3.63) is 41.7 Å². The number of amides is 1. The number of carbonyl (C=O) groups is 1. The van der Waals surface area contributed by atoms with Crippen LogP contribution >= 0.6 is 0 Å². The maximum Gasteiger partial charge on any atom is 0.220 e. The number of methoxy groups -OCH3 is 2. The molecule has 1 aromatic carbocycles. The summed E-state index contributed by atoms with van der Waals surface area (Å²) in [6, 6.07) is 6.45. The van der Waals surface area contributed by atoms with Crippen LogP contribution < -0.4 is 20.1 Å². The van der Waals surface area contributed by atoms with Gasteiger partial charge in [-0.15, -0.1) is 0 Å². The van der Waals surface area contributed by atoms with E-state index in [2.05, 4.69) is 28.7 Å². The molecule has 0 saturated carbocycles. The van der Waals surface area contributed by atoms with Crippen molar-refractivity contribution in [3.63, 3.8) is 0 Å². The van der Waals surface area contributed by atoms with Gasteiger partial charge >= 0.3 is 0 Å². The van der Waals surface area contributed by atoms with Gasteiger partial charge in [-0.1, -0.05) is 13.0 Å². The van der Waals surface area contributed by atoms with Crippen LogP contribution in [0.3, 0.4) is 0 Å². The molecule has 3 rings (SSSR count). The number of aryl methyl sites for hydroxylation is 1. The van der Waals surface area contributed by atoms with Crippen molar-refractivity contribution in [1.82, 2.24) is 20.4 Å². The molecule has 2 N–H and O–H groups in total. The summed E-state index contributed by atoms with van der Waals surface area (Å²) in [5, 5.41) is 11.2. The highest BCUT2D eigenvalue weighted by Gasteiger charge is 2.31. The minimum atomic E-state index is -0.0607. The van der Waals surface area contributed by atoms with Crippen molar-refractivity contribution in [2.75, 3.05) is 14.2 Å². The molecule has 1 aliphatic rings. The van der Waals surface area contributed by atoms with E-state index in [1.807, 2.05) is 31.6 Å². The molecule has 0 spiro atoms. The number of rotatable bonds is 8. The summed E-state index contributed by atoms with van der Waals surface area (Å²) in [4.78, 5) is 12.0.